The van der Waals surface area contributed by atoms with Gasteiger partial charge in [0.05, 0.1) is 11.6 Å². The van der Waals surface area contributed by atoms with Crippen LogP contribution in [0.4, 0.5) is 0 Å². The lowest BCUT2D eigenvalue weighted by atomic mass is 10.1. The Hall–Kier alpha value is -2.23. The first-order valence-corrected chi connectivity index (χ1v) is 7.86. The van der Waals surface area contributed by atoms with Gasteiger partial charge in [0.1, 0.15) is 12.4 Å². The SMILES string of the molecule is Cc1cc(C(=O)N[C@H]2COc3ccccc32)c(C)n1C1CC1. The zero-order chi connectivity index (χ0) is 15.3. The van der Waals surface area contributed by atoms with Gasteiger partial charge in [-0.15, -0.1) is 0 Å². The third-order valence-corrected chi connectivity index (χ3v) is 4.65. The van der Waals surface area contributed by atoms with E-state index in [1.807, 2.05) is 37.3 Å². The molecule has 4 heteroatoms. The number of aromatic nitrogens is 1. The van der Waals surface area contributed by atoms with Gasteiger partial charge in [0.2, 0.25) is 0 Å². The number of hydrogen-bond donors (Lipinski definition) is 1. The van der Waals surface area contributed by atoms with Crippen LogP contribution in [0.15, 0.2) is 30.3 Å². The molecule has 0 spiro atoms. The first-order valence-electron chi connectivity index (χ1n) is 7.86. The highest BCUT2D eigenvalue weighted by atomic mass is 16.5. The fraction of sp³-hybridized carbons (Fsp3) is 0.389. The molecule has 1 aliphatic carbocycles. The Morgan fingerprint density at radius 3 is 2.82 bits per heavy atom. The van der Waals surface area contributed by atoms with Crippen LogP contribution in [0.2, 0.25) is 0 Å². The number of ether oxygens (including phenoxy) is 1. The summed E-state index contributed by atoms with van der Waals surface area (Å²) in [6.45, 7) is 4.63. The molecule has 2 aromatic rings. The third kappa shape index (κ3) is 2.10. The van der Waals surface area contributed by atoms with E-state index in [1.165, 1.54) is 18.5 Å². The Labute approximate surface area is 130 Å². The van der Waals surface area contributed by atoms with Gasteiger partial charge in [-0.2, -0.15) is 0 Å². The van der Waals surface area contributed by atoms with Crippen LogP contribution in [-0.2, 0) is 0 Å². The number of rotatable bonds is 3. The summed E-state index contributed by atoms with van der Waals surface area (Å²) < 4.78 is 7.93. The van der Waals surface area contributed by atoms with Crippen molar-refractivity contribution >= 4 is 5.91 Å². The Balaban J connectivity index is 1.57. The maximum absolute atomic E-state index is 12.7. The highest BCUT2D eigenvalue weighted by Gasteiger charge is 2.30. The maximum atomic E-state index is 12.7. The second kappa shape index (κ2) is 4.90. The molecular weight excluding hydrogens is 276 g/mol. The second-order valence-electron chi connectivity index (χ2n) is 6.26. The van der Waals surface area contributed by atoms with Crippen LogP contribution < -0.4 is 10.1 Å². The third-order valence-electron chi connectivity index (χ3n) is 4.65. The van der Waals surface area contributed by atoms with Gasteiger partial charge in [-0.3, -0.25) is 4.79 Å². The van der Waals surface area contributed by atoms with Gasteiger partial charge in [-0.05, 0) is 38.8 Å². The van der Waals surface area contributed by atoms with Gasteiger partial charge < -0.3 is 14.6 Å². The predicted molar refractivity (Wildman–Crippen MR) is 84.3 cm³/mol. The molecule has 0 radical (unpaired) electrons. The number of nitrogens with zero attached hydrogens (tertiary/aromatic N) is 1. The van der Waals surface area contributed by atoms with Crippen molar-refractivity contribution in [3.05, 3.63) is 52.8 Å². The van der Waals surface area contributed by atoms with E-state index in [1.54, 1.807) is 0 Å². The summed E-state index contributed by atoms with van der Waals surface area (Å²) in [5.74, 6) is 0.863. The van der Waals surface area contributed by atoms with E-state index in [0.29, 0.717) is 12.6 Å². The first kappa shape index (κ1) is 13.4. The number of nitrogens with one attached hydrogen (secondary N) is 1. The lowest BCUT2D eigenvalue weighted by Crippen LogP contribution is -2.29. The molecule has 0 saturated heterocycles. The minimum Gasteiger partial charge on any atom is -0.491 e. The van der Waals surface area contributed by atoms with Gasteiger partial charge in [-0.1, -0.05) is 18.2 Å². The highest BCUT2D eigenvalue weighted by molar-refractivity contribution is 5.96. The quantitative estimate of drug-likeness (QED) is 0.944. The van der Waals surface area contributed by atoms with E-state index in [2.05, 4.69) is 16.8 Å². The molecule has 0 unspecified atom stereocenters. The predicted octanol–water partition coefficient (Wildman–Crippen LogP) is 3.30. The van der Waals surface area contributed by atoms with Crippen molar-refractivity contribution in [3.8, 4) is 5.75 Å². The molecule has 1 atom stereocenters. The Kier molecular flexibility index (Phi) is 2.99. The number of carbonyl (C=O) groups excluding carboxylic acids is 1. The van der Waals surface area contributed by atoms with Crippen molar-refractivity contribution in [3.63, 3.8) is 0 Å². The molecule has 4 rings (SSSR count). The molecule has 0 bridgehead atoms. The van der Waals surface area contributed by atoms with Crippen molar-refractivity contribution in [2.75, 3.05) is 6.61 Å². The van der Waals surface area contributed by atoms with Crippen LogP contribution in [0.25, 0.3) is 0 Å². The summed E-state index contributed by atoms with van der Waals surface area (Å²) >= 11 is 0. The van der Waals surface area contributed by atoms with Crippen LogP contribution in [0.5, 0.6) is 5.75 Å². The minimum absolute atomic E-state index is 0.00898. The molecule has 1 aromatic carbocycles. The van der Waals surface area contributed by atoms with Crippen LogP contribution in [0.1, 0.15) is 52.2 Å². The van der Waals surface area contributed by atoms with Crippen LogP contribution in [0.3, 0.4) is 0 Å². The summed E-state index contributed by atoms with van der Waals surface area (Å²) in [4.78, 5) is 12.7. The highest BCUT2D eigenvalue weighted by Crippen LogP contribution is 2.38. The Morgan fingerprint density at radius 1 is 1.27 bits per heavy atom. The number of amides is 1. The molecular formula is C18H20N2O2. The van der Waals surface area contributed by atoms with Crippen molar-refractivity contribution in [1.29, 1.82) is 0 Å². The number of fused-ring (bicyclic) bond motifs is 1. The zero-order valence-corrected chi connectivity index (χ0v) is 12.9. The Bertz CT molecular complexity index is 744. The molecule has 1 aromatic heterocycles. The van der Waals surface area contributed by atoms with E-state index < -0.39 is 0 Å². The van der Waals surface area contributed by atoms with Gasteiger partial charge in [-0.25, -0.2) is 0 Å². The van der Waals surface area contributed by atoms with E-state index in [-0.39, 0.29) is 11.9 Å². The van der Waals surface area contributed by atoms with Crippen LogP contribution in [-0.4, -0.2) is 17.1 Å². The van der Waals surface area contributed by atoms with Crippen molar-refractivity contribution < 1.29 is 9.53 Å². The van der Waals surface area contributed by atoms with Gasteiger partial charge in [0.25, 0.3) is 5.91 Å². The van der Waals surface area contributed by atoms with E-state index >= 15 is 0 Å². The standard InChI is InChI=1S/C18H20N2O2/c1-11-9-15(12(2)20(11)13-7-8-13)18(21)19-16-10-22-17-6-4-3-5-14(16)17/h3-6,9,13,16H,7-8,10H2,1-2H3,(H,19,21)/t16-/m0/s1. The number of para-hydroxylation sites is 1. The molecule has 1 fully saturated rings. The summed E-state index contributed by atoms with van der Waals surface area (Å²) in [6.07, 6.45) is 2.45. The van der Waals surface area contributed by atoms with Gasteiger partial charge in [0.15, 0.2) is 0 Å². The molecule has 1 amide bonds. The van der Waals surface area contributed by atoms with Gasteiger partial charge >= 0.3 is 0 Å². The number of benzene rings is 1. The molecule has 2 heterocycles. The average Bonchev–Trinajstić information content (AvgIpc) is 3.19. The molecule has 1 N–H and O–H groups in total. The molecule has 22 heavy (non-hydrogen) atoms. The molecule has 1 aliphatic heterocycles. The average molecular weight is 296 g/mol. The fourth-order valence-electron chi connectivity index (χ4n) is 3.42. The van der Waals surface area contributed by atoms with Crippen molar-refractivity contribution in [2.45, 2.75) is 38.8 Å². The minimum atomic E-state index is -0.0623. The smallest absolute Gasteiger partial charge is 0.253 e. The molecule has 114 valence electrons. The monoisotopic (exact) mass is 296 g/mol. The lowest BCUT2D eigenvalue weighted by Gasteiger charge is -2.12. The van der Waals surface area contributed by atoms with E-state index in [0.717, 1.165) is 22.6 Å². The number of carbonyl (C=O) groups is 1. The summed E-state index contributed by atoms with van der Waals surface area (Å²) in [7, 11) is 0. The molecule has 1 saturated carbocycles. The normalized spacial score (nSPS) is 19.6. The van der Waals surface area contributed by atoms with Crippen molar-refractivity contribution in [2.24, 2.45) is 0 Å². The van der Waals surface area contributed by atoms with Gasteiger partial charge in [0, 0.05) is 23.0 Å². The summed E-state index contributed by atoms with van der Waals surface area (Å²) in [5, 5.41) is 3.11. The molecule has 4 nitrogen and oxygen atoms in total. The zero-order valence-electron chi connectivity index (χ0n) is 12.9. The lowest BCUT2D eigenvalue weighted by molar-refractivity contribution is 0.0929. The topological polar surface area (TPSA) is 43.3 Å². The first-order chi connectivity index (χ1) is 10.6. The maximum Gasteiger partial charge on any atom is 0.253 e. The fourth-order valence-corrected chi connectivity index (χ4v) is 3.42. The van der Waals surface area contributed by atoms with E-state index in [9.17, 15) is 4.79 Å². The molecule has 2 aliphatic rings. The number of hydrogen-bond acceptors (Lipinski definition) is 2. The Morgan fingerprint density at radius 2 is 2.05 bits per heavy atom. The second-order valence-corrected chi connectivity index (χ2v) is 6.26. The van der Waals surface area contributed by atoms with Crippen molar-refractivity contribution in [1.82, 2.24) is 9.88 Å². The van der Waals surface area contributed by atoms with Crippen LogP contribution >= 0.6 is 0 Å². The summed E-state index contributed by atoms with van der Waals surface area (Å²) in [5.41, 5.74) is 4.10. The summed E-state index contributed by atoms with van der Waals surface area (Å²) in [6, 6.07) is 10.4. The van der Waals surface area contributed by atoms with Crippen LogP contribution in [0, 0.1) is 13.8 Å². The number of aryl methyl sites for hydroxylation is 1. The largest absolute Gasteiger partial charge is 0.491 e. The van der Waals surface area contributed by atoms with E-state index in [4.69, 9.17) is 4.74 Å².